The van der Waals surface area contributed by atoms with E-state index in [0.717, 1.165) is 48.9 Å². The van der Waals surface area contributed by atoms with Crippen molar-refractivity contribution in [1.82, 2.24) is 9.80 Å². The van der Waals surface area contributed by atoms with Crippen molar-refractivity contribution in [3.05, 3.63) is 35.9 Å². The third-order valence-corrected chi connectivity index (χ3v) is 6.31. The minimum Gasteiger partial charge on any atom is -0.493 e. The number of nitrogens with zero attached hydrogens (tertiary/aromatic N) is 2. The molecule has 0 amide bonds. The minimum atomic E-state index is 0.663. The molecule has 2 bridgehead atoms. The van der Waals surface area contributed by atoms with Gasteiger partial charge in [0.05, 0.1) is 13.7 Å². The van der Waals surface area contributed by atoms with Crippen LogP contribution in [-0.2, 0) is 6.54 Å². The van der Waals surface area contributed by atoms with Crippen molar-refractivity contribution in [2.24, 2.45) is 17.8 Å². The van der Waals surface area contributed by atoms with Gasteiger partial charge in [-0.05, 0) is 55.2 Å². The van der Waals surface area contributed by atoms with Crippen molar-refractivity contribution in [2.45, 2.75) is 26.3 Å². The molecule has 3 aliphatic rings. The van der Waals surface area contributed by atoms with E-state index in [1.807, 2.05) is 13.0 Å². The van der Waals surface area contributed by atoms with Crippen LogP contribution in [0.4, 0.5) is 0 Å². The zero-order chi connectivity index (χ0) is 17.9. The summed E-state index contributed by atoms with van der Waals surface area (Å²) in [6.45, 7) is 9.69. The van der Waals surface area contributed by atoms with Crippen molar-refractivity contribution in [3.63, 3.8) is 0 Å². The molecule has 1 aliphatic heterocycles. The highest BCUT2D eigenvalue weighted by atomic mass is 16.5. The summed E-state index contributed by atoms with van der Waals surface area (Å²) in [6, 6.07) is 6.32. The molecule has 0 unspecified atom stereocenters. The van der Waals surface area contributed by atoms with Crippen LogP contribution in [0.3, 0.4) is 0 Å². The molecule has 26 heavy (non-hydrogen) atoms. The molecule has 1 saturated carbocycles. The Hall–Kier alpha value is -1.52. The Bertz CT molecular complexity index is 637. The first-order valence-corrected chi connectivity index (χ1v) is 10.2. The fourth-order valence-electron chi connectivity index (χ4n) is 4.91. The van der Waals surface area contributed by atoms with Gasteiger partial charge in [0, 0.05) is 39.3 Å². The van der Waals surface area contributed by atoms with E-state index in [1.165, 1.54) is 38.0 Å². The molecule has 2 fully saturated rings. The smallest absolute Gasteiger partial charge is 0.161 e. The number of benzene rings is 1. The Morgan fingerprint density at radius 1 is 1.00 bits per heavy atom. The fourth-order valence-corrected chi connectivity index (χ4v) is 4.91. The van der Waals surface area contributed by atoms with Crippen molar-refractivity contribution >= 4 is 0 Å². The van der Waals surface area contributed by atoms with Crippen LogP contribution in [0.2, 0.25) is 0 Å². The van der Waals surface area contributed by atoms with Crippen LogP contribution < -0.4 is 9.47 Å². The normalized spacial score (nSPS) is 28.6. The van der Waals surface area contributed by atoms with Gasteiger partial charge in [-0.3, -0.25) is 4.90 Å². The van der Waals surface area contributed by atoms with Gasteiger partial charge in [-0.2, -0.15) is 0 Å². The molecule has 4 heteroatoms. The molecule has 0 radical (unpaired) electrons. The first-order chi connectivity index (χ1) is 12.7. The Morgan fingerprint density at radius 3 is 2.46 bits per heavy atom. The van der Waals surface area contributed by atoms with Crippen LogP contribution in [0.1, 0.15) is 25.3 Å². The summed E-state index contributed by atoms with van der Waals surface area (Å²) in [4.78, 5) is 5.25. The average molecular weight is 357 g/mol. The van der Waals surface area contributed by atoms with E-state index in [1.54, 1.807) is 7.11 Å². The summed E-state index contributed by atoms with van der Waals surface area (Å²) in [5, 5.41) is 0. The van der Waals surface area contributed by atoms with Crippen LogP contribution >= 0.6 is 0 Å². The van der Waals surface area contributed by atoms with Crippen LogP contribution in [0.5, 0.6) is 11.5 Å². The van der Waals surface area contributed by atoms with E-state index in [4.69, 9.17) is 9.47 Å². The molecule has 4 rings (SSSR count). The number of piperazine rings is 1. The second-order valence-corrected chi connectivity index (χ2v) is 8.04. The SMILES string of the molecule is CCOc1cc(CN2CCN(C[C@@H]3C[C@H]4C=C[C@H]3C4)CC2)ccc1OC. The fraction of sp³-hybridized carbons (Fsp3) is 0.636. The lowest BCUT2D eigenvalue weighted by Crippen LogP contribution is -2.47. The summed E-state index contributed by atoms with van der Waals surface area (Å²) < 4.78 is 11.1. The van der Waals surface area contributed by atoms with Crippen LogP contribution in [0.25, 0.3) is 0 Å². The third kappa shape index (κ3) is 3.91. The standard InChI is InChI=1S/C22H32N2O2/c1-3-26-22-14-18(5-7-21(22)25-2)15-23-8-10-24(11-9-23)16-20-13-17-4-6-19(20)12-17/h4-7,14,17,19-20H,3,8-13,15-16H2,1-2H3/t17-,19-,20-/m0/s1. The lowest BCUT2D eigenvalue weighted by molar-refractivity contribution is 0.108. The zero-order valence-corrected chi connectivity index (χ0v) is 16.2. The van der Waals surface area contributed by atoms with Gasteiger partial charge < -0.3 is 14.4 Å². The Balaban J connectivity index is 1.27. The summed E-state index contributed by atoms with van der Waals surface area (Å²) >= 11 is 0. The van der Waals surface area contributed by atoms with Gasteiger partial charge >= 0.3 is 0 Å². The van der Waals surface area contributed by atoms with Crippen LogP contribution in [0, 0.1) is 17.8 Å². The highest BCUT2D eigenvalue weighted by Gasteiger charge is 2.36. The summed E-state index contributed by atoms with van der Waals surface area (Å²) in [5.41, 5.74) is 1.31. The monoisotopic (exact) mass is 356 g/mol. The van der Waals surface area contributed by atoms with Crippen molar-refractivity contribution < 1.29 is 9.47 Å². The Morgan fingerprint density at radius 2 is 1.81 bits per heavy atom. The average Bonchev–Trinajstić information content (AvgIpc) is 3.27. The number of fused-ring (bicyclic) bond motifs is 2. The van der Waals surface area contributed by atoms with Crippen molar-refractivity contribution in [3.8, 4) is 11.5 Å². The van der Waals surface area contributed by atoms with Gasteiger partial charge in [-0.25, -0.2) is 0 Å². The van der Waals surface area contributed by atoms with Crippen LogP contribution in [0.15, 0.2) is 30.4 Å². The molecule has 1 aromatic carbocycles. The van der Waals surface area contributed by atoms with Gasteiger partial charge in [-0.1, -0.05) is 18.2 Å². The van der Waals surface area contributed by atoms with E-state index < -0.39 is 0 Å². The molecular weight excluding hydrogens is 324 g/mol. The van der Waals surface area contributed by atoms with Gasteiger partial charge in [-0.15, -0.1) is 0 Å². The Kier molecular flexibility index (Phi) is 5.51. The molecular formula is C22H32N2O2. The van der Waals surface area contributed by atoms with Crippen molar-refractivity contribution in [2.75, 3.05) is 46.4 Å². The molecule has 1 aromatic rings. The molecule has 0 N–H and O–H groups in total. The summed E-state index contributed by atoms with van der Waals surface area (Å²) in [7, 11) is 1.70. The number of ether oxygens (including phenoxy) is 2. The lowest BCUT2D eigenvalue weighted by Gasteiger charge is -2.37. The molecule has 2 aliphatic carbocycles. The molecule has 1 saturated heterocycles. The van der Waals surface area contributed by atoms with Gasteiger partial charge in [0.2, 0.25) is 0 Å². The van der Waals surface area contributed by atoms with Gasteiger partial charge in [0.15, 0.2) is 11.5 Å². The molecule has 0 aromatic heterocycles. The van der Waals surface area contributed by atoms with E-state index in [0.29, 0.717) is 6.61 Å². The number of hydrogen-bond acceptors (Lipinski definition) is 4. The molecule has 142 valence electrons. The quantitative estimate of drug-likeness (QED) is 0.699. The Labute approximate surface area is 157 Å². The number of methoxy groups -OCH3 is 1. The predicted octanol–water partition coefficient (Wildman–Crippen LogP) is 3.42. The maximum atomic E-state index is 5.72. The first-order valence-electron chi connectivity index (χ1n) is 10.2. The van der Waals surface area contributed by atoms with Gasteiger partial charge in [0.1, 0.15) is 0 Å². The molecule has 0 spiro atoms. The first kappa shape index (κ1) is 17.9. The second kappa shape index (κ2) is 8.01. The maximum Gasteiger partial charge on any atom is 0.161 e. The third-order valence-electron chi connectivity index (χ3n) is 6.31. The highest BCUT2D eigenvalue weighted by molar-refractivity contribution is 5.43. The molecule has 1 heterocycles. The predicted molar refractivity (Wildman–Crippen MR) is 105 cm³/mol. The highest BCUT2D eigenvalue weighted by Crippen LogP contribution is 2.43. The van der Waals surface area contributed by atoms with E-state index in [9.17, 15) is 0 Å². The second-order valence-electron chi connectivity index (χ2n) is 8.04. The number of allylic oxidation sites excluding steroid dienone is 2. The van der Waals surface area contributed by atoms with Crippen molar-refractivity contribution in [1.29, 1.82) is 0 Å². The van der Waals surface area contributed by atoms with E-state index >= 15 is 0 Å². The summed E-state index contributed by atoms with van der Waals surface area (Å²) in [5.74, 6) is 4.35. The van der Waals surface area contributed by atoms with Gasteiger partial charge in [0.25, 0.3) is 0 Å². The van der Waals surface area contributed by atoms with E-state index in [-0.39, 0.29) is 0 Å². The van der Waals surface area contributed by atoms with E-state index in [2.05, 4.69) is 34.1 Å². The summed E-state index contributed by atoms with van der Waals surface area (Å²) in [6.07, 6.45) is 7.77. The number of rotatable bonds is 7. The zero-order valence-electron chi connectivity index (χ0n) is 16.2. The maximum absolute atomic E-state index is 5.72. The molecule has 3 atom stereocenters. The minimum absolute atomic E-state index is 0.663. The molecule has 4 nitrogen and oxygen atoms in total. The largest absolute Gasteiger partial charge is 0.493 e. The van der Waals surface area contributed by atoms with Crippen LogP contribution in [-0.4, -0.2) is 56.2 Å². The topological polar surface area (TPSA) is 24.9 Å². The lowest BCUT2D eigenvalue weighted by atomic mass is 9.93. The number of hydrogen-bond donors (Lipinski definition) is 0.